The number of rotatable bonds is 6. The number of hydrogen-bond donors (Lipinski definition) is 1. The summed E-state index contributed by atoms with van der Waals surface area (Å²) >= 11 is 1.82. The molecule has 0 aromatic heterocycles. The van der Waals surface area contributed by atoms with Gasteiger partial charge in [-0.25, -0.2) is 0 Å². The lowest BCUT2D eigenvalue weighted by molar-refractivity contribution is -0.385. The van der Waals surface area contributed by atoms with Crippen molar-refractivity contribution in [3.05, 3.63) is 33.9 Å². The summed E-state index contributed by atoms with van der Waals surface area (Å²) in [5.74, 6) is 2.98. The molecule has 1 aliphatic rings. The first-order chi connectivity index (χ1) is 8.70. The van der Waals surface area contributed by atoms with Crippen LogP contribution >= 0.6 is 11.8 Å². The molecular formula is C12H16N2O3S. The average Bonchev–Trinajstić information content (AvgIpc) is 2.32. The number of methoxy groups -OCH3 is 1. The smallest absolute Gasteiger partial charge is 0.311 e. The van der Waals surface area contributed by atoms with Crippen LogP contribution in [0.15, 0.2) is 18.2 Å². The van der Waals surface area contributed by atoms with E-state index < -0.39 is 4.92 Å². The van der Waals surface area contributed by atoms with Crippen LogP contribution in [0.4, 0.5) is 5.69 Å². The molecule has 1 fully saturated rings. The third-order valence-corrected chi connectivity index (χ3v) is 4.17. The number of nitro groups is 1. The molecule has 0 saturated carbocycles. The van der Waals surface area contributed by atoms with Crippen molar-refractivity contribution in [2.75, 3.05) is 26.0 Å². The lowest BCUT2D eigenvalue weighted by Gasteiger charge is -2.26. The number of nitro benzene ring substituents is 1. The van der Waals surface area contributed by atoms with Crippen molar-refractivity contribution in [2.45, 2.75) is 5.75 Å². The van der Waals surface area contributed by atoms with Crippen LogP contribution < -0.4 is 10.1 Å². The van der Waals surface area contributed by atoms with E-state index in [4.69, 9.17) is 4.74 Å². The molecule has 0 aliphatic carbocycles. The van der Waals surface area contributed by atoms with E-state index in [1.165, 1.54) is 7.11 Å². The zero-order valence-electron chi connectivity index (χ0n) is 10.2. The van der Waals surface area contributed by atoms with Crippen LogP contribution in [0.1, 0.15) is 5.56 Å². The molecule has 5 nitrogen and oxygen atoms in total. The molecule has 18 heavy (non-hydrogen) atoms. The number of nitrogens with zero attached hydrogens (tertiary/aromatic N) is 1. The van der Waals surface area contributed by atoms with Gasteiger partial charge in [-0.3, -0.25) is 10.1 Å². The van der Waals surface area contributed by atoms with Crippen LogP contribution in [0.25, 0.3) is 0 Å². The van der Waals surface area contributed by atoms with Gasteiger partial charge in [-0.05, 0) is 36.4 Å². The average molecular weight is 268 g/mol. The van der Waals surface area contributed by atoms with Crippen LogP contribution in [-0.4, -0.2) is 30.9 Å². The minimum atomic E-state index is -0.400. The van der Waals surface area contributed by atoms with Gasteiger partial charge in [0.2, 0.25) is 0 Å². The maximum absolute atomic E-state index is 10.9. The molecular weight excluding hydrogens is 252 g/mol. The summed E-state index contributed by atoms with van der Waals surface area (Å²) in [6.45, 7) is 2.19. The highest BCUT2D eigenvalue weighted by Crippen LogP contribution is 2.29. The Morgan fingerprint density at radius 1 is 1.56 bits per heavy atom. The van der Waals surface area contributed by atoms with Gasteiger partial charge in [0.15, 0.2) is 5.75 Å². The molecule has 1 heterocycles. The predicted molar refractivity (Wildman–Crippen MR) is 72.2 cm³/mol. The second-order valence-corrected chi connectivity index (χ2v) is 5.33. The first kappa shape index (κ1) is 13.2. The van der Waals surface area contributed by atoms with Gasteiger partial charge in [0.25, 0.3) is 0 Å². The van der Waals surface area contributed by atoms with E-state index in [-0.39, 0.29) is 5.69 Å². The largest absolute Gasteiger partial charge is 0.490 e. The molecule has 0 bridgehead atoms. The van der Waals surface area contributed by atoms with E-state index in [1.54, 1.807) is 12.1 Å². The normalized spacial score (nSPS) is 15.2. The Hall–Kier alpha value is -1.27. The Labute approximate surface area is 110 Å². The van der Waals surface area contributed by atoms with Crippen LogP contribution in [0, 0.1) is 16.0 Å². The monoisotopic (exact) mass is 268 g/mol. The number of hydrogen-bond acceptors (Lipinski definition) is 5. The maximum Gasteiger partial charge on any atom is 0.311 e. The van der Waals surface area contributed by atoms with Crippen molar-refractivity contribution in [1.82, 2.24) is 5.32 Å². The summed E-state index contributed by atoms with van der Waals surface area (Å²) in [6.07, 6.45) is 0. The molecule has 1 aromatic carbocycles. The highest BCUT2D eigenvalue weighted by atomic mass is 32.2. The molecule has 2 rings (SSSR count). The van der Waals surface area contributed by atoms with Crippen molar-refractivity contribution in [1.29, 1.82) is 0 Å². The first-order valence-corrected chi connectivity index (χ1v) is 6.96. The number of nitrogens with one attached hydrogen (secondary N) is 1. The van der Waals surface area contributed by atoms with Crippen LogP contribution in [0.3, 0.4) is 0 Å². The van der Waals surface area contributed by atoms with Gasteiger partial charge in [0.1, 0.15) is 0 Å². The van der Waals surface area contributed by atoms with E-state index in [9.17, 15) is 10.1 Å². The van der Waals surface area contributed by atoms with Crippen molar-refractivity contribution in [3.63, 3.8) is 0 Å². The number of ether oxygens (including phenoxy) is 1. The molecule has 0 atom stereocenters. The van der Waals surface area contributed by atoms with Crippen molar-refractivity contribution >= 4 is 17.4 Å². The van der Waals surface area contributed by atoms with Gasteiger partial charge >= 0.3 is 5.69 Å². The third-order valence-electron chi connectivity index (χ3n) is 2.93. The molecule has 0 radical (unpaired) electrons. The van der Waals surface area contributed by atoms with Crippen molar-refractivity contribution in [2.24, 2.45) is 5.92 Å². The van der Waals surface area contributed by atoms with E-state index >= 15 is 0 Å². The first-order valence-electron chi connectivity index (χ1n) is 5.80. The SMILES string of the molecule is COc1ccc(CSCC2CNC2)cc1[N+](=O)[O-]. The Morgan fingerprint density at radius 3 is 2.89 bits per heavy atom. The molecule has 98 valence electrons. The number of benzene rings is 1. The summed E-state index contributed by atoms with van der Waals surface area (Å²) in [5, 5.41) is 14.1. The van der Waals surface area contributed by atoms with Gasteiger partial charge in [-0.15, -0.1) is 0 Å². The topological polar surface area (TPSA) is 64.4 Å². The van der Waals surface area contributed by atoms with E-state index in [2.05, 4.69) is 5.32 Å². The quantitative estimate of drug-likeness (QED) is 0.632. The van der Waals surface area contributed by atoms with Gasteiger partial charge in [-0.1, -0.05) is 6.07 Å². The lowest BCUT2D eigenvalue weighted by Crippen LogP contribution is -2.43. The fourth-order valence-corrected chi connectivity index (χ4v) is 2.88. The van der Waals surface area contributed by atoms with Crippen molar-refractivity contribution < 1.29 is 9.66 Å². The summed E-state index contributed by atoms with van der Waals surface area (Å²) in [4.78, 5) is 10.5. The highest BCUT2D eigenvalue weighted by Gasteiger charge is 2.17. The highest BCUT2D eigenvalue weighted by molar-refractivity contribution is 7.98. The minimum Gasteiger partial charge on any atom is -0.490 e. The molecule has 1 aliphatic heterocycles. The molecule has 1 N–H and O–H groups in total. The Kier molecular flexibility index (Phi) is 4.43. The predicted octanol–water partition coefficient (Wildman–Crippen LogP) is 2.06. The maximum atomic E-state index is 10.9. The molecule has 1 saturated heterocycles. The fraction of sp³-hybridized carbons (Fsp3) is 0.500. The number of thioether (sulfide) groups is 1. The zero-order valence-corrected chi connectivity index (χ0v) is 11.0. The van der Waals surface area contributed by atoms with E-state index in [0.717, 1.165) is 36.1 Å². The lowest BCUT2D eigenvalue weighted by atomic mass is 10.1. The van der Waals surface area contributed by atoms with Crippen LogP contribution in [0.2, 0.25) is 0 Å². The van der Waals surface area contributed by atoms with E-state index in [0.29, 0.717) is 5.75 Å². The fourth-order valence-electron chi connectivity index (χ4n) is 1.78. The van der Waals surface area contributed by atoms with Gasteiger partial charge in [-0.2, -0.15) is 11.8 Å². The summed E-state index contributed by atoms with van der Waals surface area (Å²) < 4.78 is 4.97. The summed E-state index contributed by atoms with van der Waals surface area (Å²) in [5.41, 5.74) is 1.01. The standard InChI is InChI=1S/C12H16N2O3S/c1-17-12-3-2-9(4-11(12)14(15)16)7-18-8-10-5-13-6-10/h2-4,10,13H,5-8H2,1H3. The summed E-state index contributed by atoms with van der Waals surface area (Å²) in [6, 6.07) is 5.15. The third kappa shape index (κ3) is 3.14. The Morgan fingerprint density at radius 2 is 2.33 bits per heavy atom. The van der Waals surface area contributed by atoms with Crippen LogP contribution in [-0.2, 0) is 5.75 Å². The Balaban J connectivity index is 1.95. The molecule has 0 spiro atoms. The van der Waals surface area contributed by atoms with Gasteiger partial charge < -0.3 is 10.1 Å². The van der Waals surface area contributed by atoms with Crippen molar-refractivity contribution in [3.8, 4) is 5.75 Å². The summed E-state index contributed by atoms with van der Waals surface area (Å²) in [7, 11) is 1.44. The van der Waals surface area contributed by atoms with E-state index in [1.807, 2.05) is 17.8 Å². The molecule has 6 heteroatoms. The molecule has 1 aromatic rings. The molecule has 0 amide bonds. The second kappa shape index (κ2) is 6.06. The van der Waals surface area contributed by atoms with Crippen LogP contribution in [0.5, 0.6) is 5.75 Å². The van der Waals surface area contributed by atoms with Gasteiger partial charge in [0, 0.05) is 11.8 Å². The Bertz CT molecular complexity index is 435. The zero-order chi connectivity index (χ0) is 13.0. The van der Waals surface area contributed by atoms with Gasteiger partial charge in [0.05, 0.1) is 12.0 Å². The minimum absolute atomic E-state index is 0.0425. The second-order valence-electron chi connectivity index (χ2n) is 4.30. The molecule has 0 unspecified atom stereocenters.